The molecule has 0 heterocycles. The predicted octanol–water partition coefficient (Wildman–Crippen LogP) is 2.70. The third-order valence-corrected chi connectivity index (χ3v) is 7.12. The molecule has 1 aliphatic carbocycles. The molecule has 0 saturated heterocycles. The molecule has 0 bridgehead atoms. The van der Waals surface area contributed by atoms with Crippen molar-refractivity contribution in [2.75, 3.05) is 6.54 Å². The van der Waals surface area contributed by atoms with Crippen molar-refractivity contribution in [1.82, 2.24) is 5.32 Å². The zero-order chi connectivity index (χ0) is 17.1. The van der Waals surface area contributed by atoms with Crippen molar-refractivity contribution < 1.29 is 13.2 Å². The molecule has 8 heteroatoms. The van der Waals surface area contributed by atoms with Gasteiger partial charge in [0.05, 0.1) is 4.90 Å². The lowest BCUT2D eigenvalue weighted by Crippen LogP contribution is -2.51. The molecule has 1 aromatic rings. The van der Waals surface area contributed by atoms with E-state index in [1.54, 1.807) is 0 Å². The van der Waals surface area contributed by atoms with Crippen molar-refractivity contribution in [2.24, 2.45) is 5.73 Å². The first-order chi connectivity index (χ1) is 10.8. The second kappa shape index (κ2) is 8.52. The van der Waals surface area contributed by atoms with Crippen LogP contribution in [0.5, 0.6) is 0 Å². The van der Waals surface area contributed by atoms with Gasteiger partial charge in [-0.15, -0.1) is 12.4 Å². The molecule has 1 aromatic carbocycles. The zero-order valence-corrected chi connectivity index (χ0v) is 16.0. The maximum absolute atomic E-state index is 13.1. The Morgan fingerprint density at radius 3 is 2.33 bits per heavy atom. The Hall–Kier alpha value is -0.820. The fourth-order valence-electron chi connectivity index (χ4n) is 2.98. The highest BCUT2D eigenvalue weighted by Gasteiger charge is 2.52. The number of sulfone groups is 1. The molecule has 24 heavy (non-hydrogen) atoms. The third kappa shape index (κ3) is 4.23. The zero-order valence-electron chi connectivity index (χ0n) is 13.6. The Morgan fingerprint density at radius 2 is 1.83 bits per heavy atom. The quantitative estimate of drug-likeness (QED) is 0.775. The van der Waals surface area contributed by atoms with Crippen LogP contribution in [0.15, 0.2) is 29.2 Å². The third-order valence-electron chi connectivity index (χ3n) is 4.35. The first-order valence-electron chi connectivity index (χ1n) is 7.84. The Bertz CT molecular complexity index is 654. The van der Waals surface area contributed by atoms with Crippen LogP contribution < -0.4 is 11.1 Å². The standard InChI is InChI=1S/C16H23ClN2O3S.ClH/c1-12(18)8-11-19-15(20)16(9-2-3-10-16)23(21,22)14-6-4-13(17)5-7-14;/h4-7,12H,2-3,8-11,18H2,1H3,(H,19,20);1H. The van der Waals surface area contributed by atoms with Crippen LogP contribution in [0.1, 0.15) is 39.0 Å². The molecular formula is C16H24Cl2N2O3S. The minimum Gasteiger partial charge on any atom is -0.355 e. The Labute approximate surface area is 154 Å². The lowest BCUT2D eigenvalue weighted by atomic mass is 10.1. The van der Waals surface area contributed by atoms with Gasteiger partial charge in [0, 0.05) is 17.6 Å². The molecule has 0 aliphatic heterocycles. The average Bonchev–Trinajstić information content (AvgIpc) is 2.98. The molecule has 0 radical (unpaired) electrons. The van der Waals surface area contributed by atoms with Crippen molar-refractivity contribution in [2.45, 2.75) is 54.7 Å². The van der Waals surface area contributed by atoms with Gasteiger partial charge in [-0.1, -0.05) is 24.4 Å². The predicted molar refractivity (Wildman–Crippen MR) is 98.4 cm³/mol. The van der Waals surface area contributed by atoms with Crippen molar-refractivity contribution in [3.05, 3.63) is 29.3 Å². The monoisotopic (exact) mass is 394 g/mol. The van der Waals surface area contributed by atoms with Crippen LogP contribution in [-0.4, -0.2) is 31.7 Å². The molecule has 1 aliphatic rings. The molecule has 1 saturated carbocycles. The molecule has 3 N–H and O–H groups in total. The van der Waals surface area contributed by atoms with Gasteiger partial charge in [0.2, 0.25) is 5.91 Å². The highest BCUT2D eigenvalue weighted by molar-refractivity contribution is 7.93. The van der Waals surface area contributed by atoms with Crippen LogP contribution in [0, 0.1) is 0 Å². The topological polar surface area (TPSA) is 89.3 Å². The second-order valence-corrected chi connectivity index (χ2v) is 8.88. The van der Waals surface area contributed by atoms with E-state index in [1.165, 1.54) is 24.3 Å². The Morgan fingerprint density at radius 1 is 1.29 bits per heavy atom. The Kier molecular flexibility index (Phi) is 7.53. The number of hydrogen-bond acceptors (Lipinski definition) is 4. The number of amides is 1. The average molecular weight is 395 g/mol. The van der Waals surface area contributed by atoms with Crippen LogP contribution in [0.25, 0.3) is 0 Å². The van der Waals surface area contributed by atoms with Gasteiger partial charge in [-0.2, -0.15) is 0 Å². The van der Waals surface area contributed by atoms with Crippen LogP contribution in [0.4, 0.5) is 0 Å². The number of carbonyl (C=O) groups excluding carboxylic acids is 1. The molecule has 1 amide bonds. The van der Waals surface area contributed by atoms with E-state index in [4.69, 9.17) is 17.3 Å². The highest BCUT2D eigenvalue weighted by Crippen LogP contribution is 2.41. The van der Waals surface area contributed by atoms with E-state index >= 15 is 0 Å². The molecule has 136 valence electrons. The summed E-state index contributed by atoms with van der Waals surface area (Å²) in [6, 6.07) is 5.96. The molecule has 0 aromatic heterocycles. The largest absolute Gasteiger partial charge is 0.355 e. The number of halogens is 2. The number of nitrogens with one attached hydrogen (secondary N) is 1. The van der Waals surface area contributed by atoms with Crippen molar-refractivity contribution in [3.63, 3.8) is 0 Å². The molecular weight excluding hydrogens is 371 g/mol. The van der Waals surface area contributed by atoms with Crippen molar-refractivity contribution in [3.8, 4) is 0 Å². The molecule has 0 spiro atoms. The minimum atomic E-state index is -3.77. The van der Waals surface area contributed by atoms with Crippen molar-refractivity contribution >= 4 is 39.8 Å². The van der Waals surface area contributed by atoms with E-state index in [1.807, 2.05) is 6.92 Å². The lowest BCUT2D eigenvalue weighted by molar-refractivity contribution is -0.123. The normalized spacial score (nSPS) is 17.8. The van der Waals surface area contributed by atoms with E-state index in [-0.39, 0.29) is 23.3 Å². The van der Waals surface area contributed by atoms with Crippen LogP contribution in [0.2, 0.25) is 5.02 Å². The summed E-state index contributed by atoms with van der Waals surface area (Å²) in [7, 11) is -3.77. The fraction of sp³-hybridized carbons (Fsp3) is 0.562. The summed E-state index contributed by atoms with van der Waals surface area (Å²) in [4.78, 5) is 12.8. The van der Waals surface area contributed by atoms with Crippen LogP contribution >= 0.6 is 24.0 Å². The maximum Gasteiger partial charge on any atom is 0.241 e. The number of carbonyl (C=O) groups is 1. The molecule has 1 atom stereocenters. The summed E-state index contributed by atoms with van der Waals surface area (Å²) in [6.45, 7) is 2.23. The number of nitrogens with two attached hydrogens (primary N) is 1. The SMILES string of the molecule is CC(N)CCNC(=O)C1(S(=O)(=O)c2ccc(Cl)cc2)CCCC1.Cl. The van der Waals surface area contributed by atoms with Crippen LogP contribution in [0.3, 0.4) is 0 Å². The molecule has 5 nitrogen and oxygen atoms in total. The van der Waals surface area contributed by atoms with Gasteiger partial charge in [0.25, 0.3) is 0 Å². The Balaban J connectivity index is 0.00000288. The summed E-state index contributed by atoms with van der Waals surface area (Å²) in [5.74, 6) is -0.411. The second-order valence-electron chi connectivity index (χ2n) is 6.18. The van der Waals surface area contributed by atoms with Gasteiger partial charge >= 0.3 is 0 Å². The summed E-state index contributed by atoms with van der Waals surface area (Å²) in [6.07, 6.45) is 2.77. The smallest absolute Gasteiger partial charge is 0.241 e. The summed E-state index contributed by atoms with van der Waals surface area (Å²) in [5.41, 5.74) is 5.67. The number of rotatable bonds is 6. The van der Waals surface area contributed by atoms with E-state index < -0.39 is 20.5 Å². The maximum atomic E-state index is 13.1. The van der Waals surface area contributed by atoms with Crippen molar-refractivity contribution in [1.29, 1.82) is 0 Å². The highest BCUT2D eigenvalue weighted by atomic mass is 35.5. The van der Waals surface area contributed by atoms with Gasteiger partial charge in [-0.3, -0.25) is 4.79 Å². The minimum absolute atomic E-state index is 0. The van der Waals surface area contributed by atoms with E-state index in [9.17, 15) is 13.2 Å². The lowest BCUT2D eigenvalue weighted by Gasteiger charge is -2.28. The molecule has 2 rings (SSSR count). The number of hydrogen-bond donors (Lipinski definition) is 2. The van der Waals surface area contributed by atoms with Gasteiger partial charge < -0.3 is 11.1 Å². The van der Waals surface area contributed by atoms with E-state index in [0.29, 0.717) is 30.8 Å². The van der Waals surface area contributed by atoms with Crippen LogP contribution in [-0.2, 0) is 14.6 Å². The van der Waals surface area contributed by atoms with E-state index in [0.717, 1.165) is 12.8 Å². The summed E-state index contributed by atoms with van der Waals surface area (Å²) >= 11 is 5.83. The fourth-order valence-corrected chi connectivity index (χ4v) is 5.19. The van der Waals surface area contributed by atoms with Gasteiger partial charge in [0.1, 0.15) is 0 Å². The van der Waals surface area contributed by atoms with E-state index in [2.05, 4.69) is 5.32 Å². The molecule has 1 unspecified atom stereocenters. The first kappa shape index (κ1) is 21.2. The van der Waals surface area contributed by atoms with Gasteiger partial charge in [0.15, 0.2) is 14.6 Å². The first-order valence-corrected chi connectivity index (χ1v) is 9.70. The number of benzene rings is 1. The molecule has 1 fully saturated rings. The summed E-state index contributed by atoms with van der Waals surface area (Å²) < 4.78 is 24.8. The summed E-state index contributed by atoms with van der Waals surface area (Å²) in [5, 5.41) is 3.22. The van der Waals surface area contributed by atoms with Gasteiger partial charge in [-0.25, -0.2) is 8.42 Å². The van der Waals surface area contributed by atoms with Gasteiger partial charge in [-0.05, 0) is 50.5 Å².